The Morgan fingerprint density at radius 1 is 1.05 bits per heavy atom. The molecule has 100 valence electrons. The number of aryl methyl sites for hydroxylation is 2. The maximum Gasteiger partial charge on any atom is 0.0603 e. The van der Waals surface area contributed by atoms with Gasteiger partial charge in [-0.25, -0.2) is 0 Å². The molecule has 0 unspecified atom stereocenters. The molecule has 0 aliphatic carbocycles. The van der Waals surface area contributed by atoms with Crippen LogP contribution in [0.25, 0.3) is 0 Å². The van der Waals surface area contributed by atoms with Crippen LogP contribution in [0, 0.1) is 13.8 Å². The van der Waals surface area contributed by atoms with Crippen molar-refractivity contribution < 1.29 is 0 Å². The quantitative estimate of drug-likeness (QED) is 0.856. The van der Waals surface area contributed by atoms with Gasteiger partial charge in [0, 0.05) is 18.1 Å². The van der Waals surface area contributed by atoms with Gasteiger partial charge in [0.2, 0.25) is 0 Å². The molecule has 0 atom stereocenters. The van der Waals surface area contributed by atoms with E-state index in [1.807, 2.05) is 6.07 Å². The summed E-state index contributed by atoms with van der Waals surface area (Å²) in [6.07, 6.45) is 0. The SMILES string of the molecule is Cc1cc(N)c(N(C)Cc2ccc(Br)cc2)cc1C. The minimum absolute atomic E-state index is 0.836. The largest absolute Gasteiger partial charge is 0.397 e. The number of halogens is 1. The Morgan fingerprint density at radius 3 is 2.26 bits per heavy atom. The first-order valence-electron chi connectivity index (χ1n) is 6.29. The molecule has 0 spiro atoms. The monoisotopic (exact) mass is 318 g/mol. The molecule has 2 aromatic carbocycles. The lowest BCUT2D eigenvalue weighted by Gasteiger charge is -2.22. The molecule has 0 aliphatic heterocycles. The molecule has 0 aromatic heterocycles. The normalized spacial score (nSPS) is 10.5. The van der Waals surface area contributed by atoms with Crippen molar-refractivity contribution in [1.29, 1.82) is 0 Å². The number of nitrogen functional groups attached to an aromatic ring is 1. The van der Waals surface area contributed by atoms with Crippen LogP contribution in [0.2, 0.25) is 0 Å². The lowest BCUT2D eigenvalue weighted by atomic mass is 10.1. The summed E-state index contributed by atoms with van der Waals surface area (Å²) in [7, 11) is 2.07. The van der Waals surface area contributed by atoms with Gasteiger partial charge in [0.1, 0.15) is 0 Å². The first kappa shape index (κ1) is 13.9. The van der Waals surface area contributed by atoms with Gasteiger partial charge in [-0.1, -0.05) is 28.1 Å². The van der Waals surface area contributed by atoms with Crippen molar-refractivity contribution in [2.45, 2.75) is 20.4 Å². The van der Waals surface area contributed by atoms with E-state index in [4.69, 9.17) is 5.73 Å². The zero-order valence-electron chi connectivity index (χ0n) is 11.6. The van der Waals surface area contributed by atoms with E-state index >= 15 is 0 Å². The summed E-state index contributed by atoms with van der Waals surface area (Å²) in [5.41, 5.74) is 11.8. The molecule has 2 nitrogen and oxygen atoms in total. The van der Waals surface area contributed by atoms with Crippen molar-refractivity contribution >= 4 is 27.3 Å². The average molecular weight is 319 g/mol. The highest BCUT2D eigenvalue weighted by molar-refractivity contribution is 9.10. The van der Waals surface area contributed by atoms with Gasteiger partial charge >= 0.3 is 0 Å². The maximum absolute atomic E-state index is 6.12. The van der Waals surface area contributed by atoms with E-state index in [0.717, 1.165) is 22.4 Å². The second kappa shape index (κ2) is 5.66. The lowest BCUT2D eigenvalue weighted by Crippen LogP contribution is -2.18. The van der Waals surface area contributed by atoms with Gasteiger partial charge in [0.15, 0.2) is 0 Å². The standard InChI is InChI=1S/C16H19BrN2/c1-11-8-15(18)16(9-12(11)2)19(3)10-13-4-6-14(17)7-5-13/h4-9H,10,18H2,1-3H3. The third-order valence-electron chi connectivity index (χ3n) is 3.39. The fourth-order valence-electron chi connectivity index (χ4n) is 2.10. The Bertz CT molecular complexity index is 576. The molecule has 0 bridgehead atoms. The predicted molar refractivity (Wildman–Crippen MR) is 86.6 cm³/mol. The first-order valence-corrected chi connectivity index (χ1v) is 7.09. The van der Waals surface area contributed by atoms with Crippen LogP contribution >= 0.6 is 15.9 Å². The van der Waals surface area contributed by atoms with E-state index in [1.165, 1.54) is 16.7 Å². The highest BCUT2D eigenvalue weighted by Crippen LogP contribution is 2.27. The van der Waals surface area contributed by atoms with Gasteiger partial charge in [0.25, 0.3) is 0 Å². The van der Waals surface area contributed by atoms with Crippen molar-refractivity contribution in [3.05, 3.63) is 57.6 Å². The van der Waals surface area contributed by atoms with Crippen LogP contribution in [0.5, 0.6) is 0 Å². The second-order valence-electron chi connectivity index (χ2n) is 4.98. The molecule has 0 saturated heterocycles. The Labute approximate surface area is 123 Å². The lowest BCUT2D eigenvalue weighted by molar-refractivity contribution is 0.923. The molecule has 2 aromatic rings. The van der Waals surface area contributed by atoms with Crippen LogP contribution < -0.4 is 10.6 Å². The summed E-state index contributed by atoms with van der Waals surface area (Å²) in [4.78, 5) is 2.19. The van der Waals surface area contributed by atoms with Gasteiger partial charge in [0.05, 0.1) is 11.4 Å². The summed E-state index contributed by atoms with van der Waals surface area (Å²) in [5, 5.41) is 0. The first-order chi connectivity index (χ1) is 8.97. The minimum Gasteiger partial charge on any atom is -0.397 e. The van der Waals surface area contributed by atoms with Gasteiger partial charge < -0.3 is 10.6 Å². The highest BCUT2D eigenvalue weighted by Gasteiger charge is 2.08. The second-order valence-corrected chi connectivity index (χ2v) is 5.89. The van der Waals surface area contributed by atoms with Crippen molar-refractivity contribution in [3.63, 3.8) is 0 Å². The zero-order chi connectivity index (χ0) is 14.0. The van der Waals surface area contributed by atoms with E-state index in [9.17, 15) is 0 Å². The Hall–Kier alpha value is -1.48. The maximum atomic E-state index is 6.12. The molecule has 19 heavy (non-hydrogen) atoms. The molecule has 0 amide bonds. The highest BCUT2D eigenvalue weighted by atomic mass is 79.9. The van der Waals surface area contributed by atoms with Crippen LogP contribution in [0.3, 0.4) is 0 Å². The van der Waals surface area contributed by atoms with Crippen LogP contribution in [-0.4, -0.2) is 7.05 Å². The Balaban J connectivity index is 2.22. The number of nitrogens with zero attached hydrogens (tertiary/aromatic N) is 1. The smallest absolute Gasteiger partial charge is 0.0603 e. The van der Waals surface area contributed by atoms with Crippen LogP contribution in [0.15, 0.2) is 40.9 Å². The minimum atomic E-state index is 0.836. The fourth-order valence-corrected chi connectivity index (χ4v) is 2.37. The summed E-state index contributed by atoms with van der Waals surface area (Å²) < 4.78 is 1.10. The van der Waals surface area contributed by atoms with Crippen LogP contribution in [-0.2, 0) is 6.54 Å². The zero-order valence-corrected chi connectivity index (χ0v) is 13.2. The van der Waals surface area contributed by atoms with Crippen molar-refractivity contribution in [1.82, 2.24) is 0 Å². The van der Waals surface area contributed by atoms with Gasteiger partial charge in [-0.15, -0.1) is 0 Å². The topological polar surface area (TPSA) is 29.3 Å². The molecule has 0 saturated carbocycles. The Morgan fingerprint density at radius 2 is 1.63 bits per heavy atom. The van der Waals surface area contributed by atoms with E-state index in [-0.39, 0.29) is 0 Å². The molecule has 0 radical (unpaired) electrons. The van der Waals surface area contributed by atoms with Crippen molar-refractivity contribution in [2.75, 3.05) is 17.7 Å². The predicted octanol–water partition coefficient (Wildman–Crippen LogP) is 4.28. The van der Waals surface area contributed by atoms with Crippen LogP contribution in [0.1, 0.15) is 16.7 Å². The average Bonchev–Trinajstić information content (AvgIpc) is 2.36. The van der Waals surface area contributed by atoms with Crippen molar-refractivity contribution in [3.8, 4) is 0 Å². The van der Waals surface area contributed by atoms with Gasteiger partial charge in [-0.3, -0.25) is 0 Å². The summed E-state index contributed by atoms with van der Waals surface area (Å²) in [6, 6.07) is 12.6. The van der Waals surface area contributed by atoms with Crippen LogP contribution in [0.4, 0.5) is 11.4 Å². The molecule has 0 heterocycles. The number of rotatable bonds is 3. The summed E-state index contributed by atoms with van der Waals surface area (Å²) in [5.74, 6) is 0. The number of hydrogen-bond acceptors (Lipinski definition) is 2. The molecule has 2 N–H and O–H groups in total. The summed E-state index contributed by atoms with van der Waals surface area (Å²) in [6.45, 7) is 5.05. The van der Waals surface area contributed by atoms with E-state index in [0.29, 0.717) is 0 Å². The third-order valence-corrected chi connectivity index (χ3v) is 3.92. The van der Waals surface area contributed by atoms with Gasteiger partial charge in [-0.05, 0) is 54.8 Å². The Kier molecular flexibility index (Phi) is 4.15. The number of hydrogen-bond donors (Lipinski definition) is 1. The van der Waals surface area contributed by atoms with E-state index in [2.05, 4.69) is 72.1 Å². The molecular formula is C16H19BrN2. The number of benzene rings is 2. The number of anilines is 2. The molecule has 0 fully saturated rings. The molecule has 0 aliphatic rings. The van der Waals surface area contributed by atoms with E-state index < -0.39 is 0 Å². The van der Waals surface area contributed by atoms with Crippen molar-refractivity contribution in [2.24, 2.45) is 0 Å². The molecular weight excluding hydrogens is 300 g/mol. The number of nitrogens with two attached hydrogens (primary N) is 1. The summed E-state index contributed by atoms with van der Waals surface area (Å²) >= 11 is 3.45. The molecule has 2 rings (SSSR count). The third kappa shape index (κ3) is 3.29. The fraction of sp³-hybridized carbons (Fsp3) is 0.250. The van der Waals surface area contributed by atoms with E-state index in [1.54, 1.807) is 0 Å². The molecule has 3 heteroatoms. The van der Waals surface area contributed by atoms with Gasteiger partial charge in [-0.2, -0.15) is 0 Å².